The van der Waals surface area contributed by atoms with Gasteiger partial charge in [0, 0.05) is 20.3 Å². The molecule has 0 aromatic rings. The maximum Gasteiger partial charge on any atom is 0.202 e. The van der Waals surface area contributed by atoms with Crippen LogP contribution in [0.5, 0.6) is 0 Å². The number of likely N-dealkylation sites (N-methyl/N-ethyl adjacent to an activating group) is 1. The molecule has 13 heavy (non-hydrogen) atoms. The van der Waals surface area contributed by atoms with Gasteiger partial charge in [0.25, 0.3) is 0 Å². The van der Waals surface area contributed by atoms with Crippen molar-refractivity contribution in [2.75, 3.05) is 14.1 Å². The lowest BCUT2D eigenvalue weighted by molar-refractivity contribution is -0.119. The molecule has 1 unspecified atom stereocenters. The number of hydrogen-bond donors (Lipinski definition) is 1. The van der Waals surface area contributed by atoms with Crippen molar-refractivity contribution >= 4 is 11.5 Å². The summed E-state index contributed by atoms with van der Waals surface area (Å²) in [5.74, 6) is 0.436. The van der Waals surface area contributed by atoms with Crippen molar-refractivity contribution in [3.8, 4) is 0 Å². The van der Waals surface area contributed by atoms with Gasteiger partial charge in [0.1, 0.15) is 0 Å². The molecule has 2 rings (SSSR count). The summed E-state index contributed by atoms with van der Waals surface area (Å²) in [5, 5.41) is 15.5. The van der Waals surface area contributed by atoms with E-state index >= 15 is 0 Å². The van der Waals surface area contributed by atoms with Gasteiger partial charge in [-0.15, -0.1) is 5.06 Å². The van der Waals surface area contributed by atoms with Gasteiger partial charge in [-0.2, -0.15) is 0 Å². The Balaban J connectivity index is 2.39. The van der Waals surface area contributed by atoms with Crippen molar-refractivity contribution in [2.45, 2.75) is 6.04 Å². The molecule has 0 aromatic carbocycles. The molecule has 2 aliphatic heterocycles. The van der Waals surface area contributed by atoms with Crippen LogP contribution in [0.1, 0.15) is 0 Å². The van der Waals surface area contributed by atoms with E-state index in [0.29, 0.717) is 5.84 Å². The number of oxime groups is 1. The van der Waals surface area contributed by atoms with Crippen molar-refractivity contribution in [2.24, 2.45) is 10.1 Å². The average Bonchev–Trinajstić information content (AvgIpc) is 2.51. The molecule has 1 N–H and O–H groups in total. The van der Waals surface area contributed by atoms with Crippen LogP contribution in [0.2, 0.25) is 0 Å². The monoisotopic (exact) mass is 182 g/mol. The van der Waals surface area contributed by atoms with E-state index in [1.165, 1.54) is 11.3 Å². The zero-order chi connectivity index (χ0) is 9.42. The molecule has 2 aliphatic rings. The Hall–Kier alpha value is -1.40. The van der Waals surface area contributed by atoms with Crippen LogP contribution in [-0.4, -0.2) is 47.0 Å². The molecule has 0 bridgehead atoms. The molecular formula is C7H10N4O2. The summed E-state index contributed by atoms with van der Waals surface area (Å²) < 4.78 is 0. The number of hydrogen-bond acceptors (Lipinski definition) is 6. The van der Waals surface area contributed by atoms with Gasteiger partial charge < -0.3 is 0 Å². The van der Waals surface area contributed by atoms with Gasteiger partial charge in [0.2, 0.25) is 5.84 Å². The Kier molecular flexibility index (Phi) is 1.78. The molecule has 6 heteroatoms. The molecule has 6 nitrogen and oxygen atoms in total. The molecule has 0 aromatic heterocycles. The fourth-order valence-electron chi connectivity index (χ4n) is 1.36. The molecule has 0 radical (unpaired) electrons. The highest BCUT2D eigenvalue weighted by Crippen LogP contribution is 2.18. The maximum absolute atomic E-state index is 9.36. The third kappa shape index (κ3) is 1.11. The predicted octanol–water partition coefficient (Wildman–Crippen LogP) is -0.165. The summed E-state index contributed by atoms with van der Waals surface area (Å²) in [6.07, 6.45) is 3.20. The summed E-state index contributed by atoms with van der Waals surface area (Å²) >= 11 is 0. The third-order valence-electron chi connectivity index (χ3n) is 2.03. The Morgan fingerprint density at radius 1 is 1.69 bits per heavy atom. The van der Waals surface area contributed by atoms with Crippen LogP contribution in [0, 0.1) is 0 Å². The zero-order valence-electron chi connectivity index (χ0n) is 7.38. The second kappa shape index (κ2) is 2.82. The van der Waals surface area contributed by atoms with E-state index in [4.69, 9.17) is 4.94 Å². The van der Waals surface area contributed by atoms with Gasteiger partial charge in [-0.1, -0.05) is 0 Å². The van der Waals surface area contributed by atoms with Crippen molar-refractivity contribution in [3.05, 3.63) is 12.3 Å². The van der Waals surface area contributed by atoms with Gasteiger partial charge >= 0.3 is 0 Å². The second-order valence-corrected chi connectivity index (χ2v) is 2.79. The molecule has 0 saturated carbocycles. The fraction of sp³-hybridized carbons (Fsp3) is 0.429. The van der Waals surface area contributed by atoms with Gasteiger partial charge in [-0.25, -0.2) is 5.06 Å². The van der Waals surface area contributed by atoms with Crippen LogP contribution in [0.25, 0.3) is 0 Å². The molecular weight excluding hydrogens is 172 g/mol. The van der Waals surface area contributed by atoms with E-state index in [1.54, 1.807) is 20.2 Å². The van der Waals surface area contributed by atoms with Crippen LogP contribution < -0.4 is 0 Å². The zero-order valence-corrected chi connectivity index (χ0v) is 7.38. The summed E-state index contributed by atoms with van der Waals surface area (Å²) in [7, 11) is 3.43. The maximum atomic E-state index is 9.36. The van der Waals surface area contributed by atoms with E-state index in [-0.39, 0.29) is 6.04 Å². The smallest absolute Gasteiger partial charge is 0.202 e. The molecule has 0 saturated heterocycles. The van der Waals surface area contributed by atoms with Crippen LogP contribution in [0.3, 0.4) is 0 Å². The number of aliphatic imine (C=N–C) groups is 1. The summed E-state index contributed by atoms with van der Waals surface area (Å²) in [6, 6.07) is -0.208. The summed E-state index contributed by atoms with van der Waals surface area (Å²) in [6.45, 7) is 0. The van der Waals surface area contributed by atoms with Crippen molar-refractivity contribution in [3.63, 3.8) is 0 Å². The lowest BCUT2D eigenvalue weighted by atomic mass is 10.1. The number of nitrogens with zero attached hydrogens (tertiary/aromatic N) is 4. The van der Waals surface area contributed by atoms with E-state index in [0.717, 1.165) is 10.8 Å². The van der Waals surface area contributed by atoms with Gasteiger partial charge in [0.05, 0.1) is 5.71 Å². The highest BCUT2D eigenvalue weighted by Gasteiger charge is 2.37. The van der Waals surface area contributed by atoms with E-state index in [2.05, 4.69) is 10.1 Å². The van der Waals surface area contributed by atoms with Crippen LogP contribution in [0.4, 0.5) is 0 Å². The predicted molar refractivity (Wildman–Crippen MR) is 46.2 cm³/mol. The number of hydroxylamine groups is 4. The molecule has 0 spiro atoms. The van der Waals surface area contributed by atoms with Crippen molar-refractivity contribution in [1.29, 1.82) is 0 Å². The Morgan fingerprint density at radius 3 is 3.15 bits per heavy atom. The minimum absolute atomic E-state index is 0.208. The van der Waals surface area contributed by atoms with Crippen molar-refractivity contribution < 1.29 is 10.1 Å². The summed E-state index contributed by atoms with van der Waals surface area (Å²) in [5.41, 5.74) is 0.809. The fourth-order valence-corrected chi connectivity index (χ4v) is 1.36. The first kappa shape index (κ1) is 8.21. The van der Waals surface area contributed by atoms with Crippen LogP contribution in [0.15, 0.2) is 22.4 Å². The van der Waals surface area contributed by atoms with E-state index in [1.807, 2.05) is 0 Å². The van der Waals surface area contributed by atoms with Gasteiger partial charge in [-0.3, -0.25) is 15.1 Å². The highest BCUT2D eigenvalue weighted by atomic mass is 16.8. The molecule has 70 valence electrons. The Labute approximate surface area is 75.3 Å². The largest absolute Gasteiger partial charge is 0.294 e. The van der Waals surface area contributed by atoms with Gasteiger partial charge in [0.15, 0.2) is 6.04 Å². The molecule has 2 heterocycles. The SMILES string of the molecule is CN=C1C=CN(O)C2=NON(C)C12. The Bertz CT molecular complexity index is 310. The minimum Gasteiger partial charge on any atom is -0.294 e. The second-order valence-electron chi connectivity index (χ2n) is 2.79. The lowest BCUT2D eigenvalue weighted by Gasteiger charge is -2.24. The van der Waals surface area contributed by atoms with Crippen LogP contribution >= 0.6 is 0 Å². The topological polar surface area (TPSA) is 60.7 Å². The summed E-state index contributed by atoms with van der Waals surface area (Å²) in [4.78, 5) is 8.97. The van der Waals surface area contributed by atoms with Crippen molar-refractivity contribution in [1.82, 2.24) is 10.1 Å². The lowest BCUT2D eigenvalue weighted by Crippen LogP contribution is -2.46. The number of amidine groups is 1. The first-order chi connectivity index (χ1) is 6.24. The minimum atomic E-state index is -0.208. The third-order valence-corrected chi connectivity index (χ3v) is 2.03. The molecule has 0 aliphatic carbocycles. The molecule has 0 amide bonds. The molecule has 1 atom stereocenters. The number of rotatable bonds is 0. The van der Waals surface area contributed by atoms with Crippen LogP contribution in [-0.2, 0) is 4.94 Å². The first-order valence-electron chi connectivity index (χ1n) is 3.85. The molecule has 0 fully saturated rings. The quantitative estimate of drug-likeness (QED) is 0.565. The standard InChI is InChI=1S/C7H10N4O2/c1-8-5-3-4-11(12)7-6(5)10(2)13-9-7/h3-4,6,12H,1-2H3. The number of fused-ring (bicyclic) bond motifs is 1. The Morgan fingerprint density at radius 2 is 2.46 bits per heavy atom. The van der Waals surface area contributed by atoms with E-state index < -0.39 is 0 Å². The van der Waals surface area contributed by atoms with Gasteiger partial charge in [-0.05, 0) is 11.2 Å². The van der Waals surface area contributed by atoms with E-state index in [9.17, 15) is 5.21 Å². The highest BCUT2D eigenvalue weighted by molar-refractivity contribution is 6.17. The average molecular weight is 182 g/mol. The normalized spacial score (nSPS) is 30.4. The first-order valence-corrected chi connectivity index (χ1v) is 3.85.